The number of methoxy groups -OCH3 is 1. The second kappa shape index (κ2) is 6.27. The number of piperazine rings is 1. The normalized spacial score (nSPS) is 17.1. The molecule has 2 N–H and O–H groups in total. The van der Waals surface area contributed by atoms with Gasteiger partial charge in [-0.1, -0.05) is 11.6 Å². The average molecular weight is 270 g/mol. The molecule has 5 heteroatoms. The van der Waals surface area contributed by atoms with Crippen LogP contribution >= 0.6 is 11.6 Å². The summed E-state index contributed by atoms with van der Waals surface area (Å²) in [6, 6.07) is 5.64. The fourth-order valence-electron chi connectivity index (χ4n) is 2.22. The third-order valence-electron chi connectivity index (χ3n) is 3.32. The van der Waals surface area contributed by atoms with E-state index in [1.54, 1.807) is 7.11 Å². The molecule has 0 aromatic heterocycles. The van der Waals surface area contributed by atoms with E-state index in [0.717, 1.165) is 55.7 Å². The summed E-state index contributed by atoms with van der Waals surface area (Å²) >= 11 is 6.02. The lowest BCUT2D eigenvalue weighted by Crippen LogP contribution is -2.47. The highest BCUT2D eigenvalue weighted by Gasteiger charge is 2.18. The summed E-state index contributed by atoms with van der Waals surface area (Å²) in [5.41, 5.74) is 7.85. The number of anilines is 2. The molecule has 18 heavy (non-hydrogen) atoms. The maximum absolute atomic E-state index is 6.02. The molecule has 1 aliphatic heterocycles. The van der Waals surface area contributed by atoms with Crippen molar-refractivity contribution in [1.82, 2.24) is 4.90 Å². The van der Waals surface area contributed by atoms with Gasteiger partial charge in [-0.2, -0.15) is 0 Å². The second-order valence-corrected chi connectivity index (χ2v) is 4.96. The number of nitrogens with zero attached hydrogens (tertiary/aromatic N) is 2. The van der Waals surface area contributed by atoms with E-state index in [1.807, 2.05) is 18.2 Å². The number of halogens is 1. The highest BCUT2D eigenvalue weighted by atomic mass is 35.5. The molecule has 100 valence electrons. The first kappa shape index (κ1) is 13.5. The van der Waals surface area contributed by atoms with Gasteiger partial charge in [0.1, 0.15) is 0 Å². The van der Waals surface area contributed by atoms with Gasteiger partial charge in [0.05, 0.1) is 18.0 Å². The monoisotopic (exact) mass is 269 g/mol. The summed E-state index contributed by atoms with van der Waals surface area (Å²) in [6.45, 7) is 5.82. The summed E-state index contributed by atoms with van der Waals surface area (Å²) in [6.07, 6.45) is 0. The summed E-state index contributed by atoms with van der Waals surface area (Å²) in [5.74, 6) is 0. The topological polar surface area (TPSA) is 41.7 Å². The predicted octanol–water partition coefficient (Wildman–Crippen LogP) is 1.69. The molecule has 1 aromatic rings. The van der Waals surface area contributed by atoms with Crippen molar-refractivity contribution in [1.29, 1.82) is 0 Å². The summed E-state index contributed by atoms with van der Waals surface area (Å²) in [4.78, 5) is 4.70. The Labute approximate surface area is 113 Å². The van der Waals surface area contributed by atoms with Crippen molar-refractivity contribution in [2.45, 2.75) is 0 Å². The van der Waals surface area contributed by atoms with E-state index in [4.69, 9.17) is 22.1 Å². The number of ether oxygens (including phenoxy) is 1. The highest BCUT2D eigenvalue weighted by Crippen LogP contribution is 2.27. The largest absolute Gasteiger partial charge is 0.397 e. The Morgan fingerprint density at radius 3 is 2.67 bits per heavy atom. The van der Waals surface area contributed by atoms with Gasteiger partial charge in [0.2, 0.25) is 0 Å². The Hall–Kier alpha value is -0.970. The van der Waals surface area contributed by atoms with Gasteiger partial charge < -0.3 is 15.4 Å². The minimum absolute atomic E-state index is 0.737. The van der Waals surface area contributed by atoms with E-state index in [1.165, 1.54) is 0 Å². The summed E-state index contributed by atoms with van der Waals surface area (Å²) < 4.78 is 5.10. The lowest BCUT2D eigenvalue weighted by atomic mass is 10.2. The van der Waals surface area contributed by atoms with E-state index in [9.17, 15) is 0 Å². The first-order chi connectivity index (χ1) is 8.70. The van der Waals surface area contributed by atoms with E-state index < -0.39 is 0 Å². The van der Waals surface area contributed by atoms with Gasteiger partial charge in [-0.3, -0.25) is 4.90 Å². The zero-order valence-electron chi connectivity index (χ0n) is 10.7. The molecule has 1 saturated heterocycles. The molecule has 0 saturated carbocycles. The van der Waals surface area contributed by atoms with Crippen LogP contribution in [0.5, 0.6) is 0 Å². The first-order valence-electron chi connectivity index (χ1n) is 6.22. The molecule has 1 fully saturated rings. The van der Waals surface area contributed by atoms with Gasteiger partial charge in [0, 0.05) is 44.9 Å². The zero-order valence-corrected chi connectivity index (χ0v) is 11.5. The fourth-order valence-corrected chi connectivity index (χ4v) is 2.39. The molecule has 0 bridgehead atoms. The number of benzene rings is 1. The van der Waals surface area contributed by atoms with Crippen LogP contribution in [0.4, 0.5) is 11.4 Å². The van der Waals surface area contributed by atoms with Crippen LogP contribution in [0, 0.1) is 0 Å². The van der Waals surface area contributed by atoms with Crippen LogP contribution < -0.4 is 10.6 Å². The van der Waals surface area contributed by atoms with Crippen molar-refractivity contribution >= 4 is 23.0 Å². The molecule has 0 amide bonds. The second-order valence-electron chi connectivity index (χ2n) is 4.52. The molecule has 0 radical (unpaired) electrons. The third-order valence-corrected chi connectivity index (χ3v) is 3.55. The van der Waals surface area contributed by atoms with Crippen LogP contribution in [-0.4, -0.2) is 51.3 Å². The predicted molar refractivity (Wildman–Crippen MR) is 76.4 cm³/mol. The average Bonchev–Trinajstić information content (AvgIpc) is 2.40. The van der Waals surface area contributed by atoms with Crippen LogP contribution in [0.15, 0.2) is 18.2 Å². The zero-order chi connectivity index (χ0) is 13.0. The van der Waals surface area contributed by atoms with E-state index in [0.29, 0.717) is 0 Å². The number of nitrogen functional groups attached to an aromatic ring is 1. The van der Waals surface area contributed by atoms with Gasteiger partial charge >= 0.3 is 0 Å². The van der Waals surface area contributed by atoms with Crippen molar-refractivity contribution in [3.63, 3.8) is 0 Å². The Morgan fingerprint density at radius 1 is 1.28 bits per heavy atom. The lowest BCUT2D eigenvalue weighted by Gasteiger charge is -2.36. The number of hydrogen-bond donors (Lipinski definition) is 1. The van der Waals surface area contributed by atoms with Crippen LogP contribution in [0.3, 0.4) is 0 Å². The minimum atomic E-state index is 0.737. The molecule has 0 unspecified atom stereocenters. The number of hydrogen-bond acceptors (Lipinski definition) is 4. The molecular weight excluding hydrogens is 250 g/mol. The van der Waals surface area contributed by atoms with Gasteiger partial charge in [0.25, 0.3) is 0 Å². The fraction of sp³-hybridized carbons (Fsp3) is 0.538. The lowest BCUT2D eigenvalue weighted by molar-refractivity contribution is 0.144. The van der Waals surface area contributed by atoms with Crippen LogP contribution in [0.2, 0.25) is 5.02 Å². The molecule has 1 aromatic carbocycles. The van der Waals surface area contributed by atoms with Crippen LogP contribution in [0.25, 0.3) is 0 Å². The maximum Gasteiger partial charge on any atom is 0.0615 e. The summed E-state index contributed by atoms with van der Waals surface area (Å²) in [7, 11) is 1.74. The van der Waals surface area contributed by atoms with Crippen molar-refractivity contribution in [3.05, 3.63) is 23.2 Å². The third kappa shape index (κ3) is 3.28. The van der Waals surface area contributed by atoms with Crippen molar-refractivity contribution in [2.75, 3.05) is 57.1 Å². The van der Waals surface area contributed by atoms with Gasteiger partial charge in [0.15, 0.2) is 0 Å². The van der Waals surface area contributed by atoms with E-state index >= 15 is 0 Å². The first-order valence-corrected chi connectivity index (χ1v) is 6.60. The number of nitrogens with two attached hydrogens (primary N) is 1. The quantitative estimate of drug-likeness (QED) is 0.845. The molecule has 4 nitrogen and oxygen atoms in total. The van der Waals surface area contributed by atoms with E-state index in [2.05, 4.69) is 9.80 Å². The Morgan fingerprint density at radius 2 is 2.00 bits per heavy atom. The molecule has 2 rings (SSSR count). The molecule has 0 aliphatic carbocycles. The van der Waals surface area contributed by atoms with Gasteiger partial charge in [-0.25, -0.2) is 0 Å². The Bertz CT molecular complexity index is 392. The highest BCUT2D eigenvalue weighted by molar-refractivity contribution is 6.31. The van der Waals surface area contributed by atoms with Crippen molar-refractivity contribution in [2.24, 2.45) is 0 Å². The van der Waals surface area contributed by atoms with Crippen LogP contribution in [0.1, 0.15) is 0 Å². The molecule has 0 spiro atoms. The smallest absolute Gasteiger partial charge is 0.0615 e. The van der Waals surface area contributed by atoms with Gasteiger partial charge in [-0.05, 0) is 18.2 Å². The molecule has 0 atom stereocenters. The molecular formula is C13H20ClN3O. The maximum atomic E-state index is 6.02. The van der Waals surface area contributed by atoms with Crippen LogP contribution in [-0.2, 0) is 4.74 Å². The summed E-state index contributed by atoms with van der Waals surface area (Å²) in [5, 5.41) is 0.737. The SMILES string of the molecule is COCCN1CCN(c2cc(Cl)ccc2N)CC1. The molecule has 1 heterocycles. The molecule has 1 aliphatic rings. The van der Waals surface area contributed by atoms with E-state index in [-0.39, 0.29) is 0 Å². The Balaban J connectivity index is 1.94. The van der Waals surface area contributed by atoms with Crippen molar-refractivity contribution < 1.29 is 4.74 Å². The number of rotatable bonds is 4. The minimum Gasteiger partial charge on any atom is -0.397 e. The van der Waals surface area contributed by atoms with Gasteiger partial charge in [-0.15, -0.1) is 0 Å². The Kier molecular flexibility index (Phi) is 4.69. The standard InChI is InChI=1S/C13H20ClN3O/c1-18-9-8-16-4-6-17(7-5-16)13-10-11(14)2-3-12(13)15/h2-3,10H,4-9,15H2,1H3. The van der Waals surface area contributed by atoms with Crippen molar-refractivity contribution in [3.8, 4) is 0 Å².